The topological polar surface area (TPSA) is 57.8 Å². The van der Waals surface area contributed by atoms with Crippen molar-refractivity contribution in [3.63, 3.8) is 0 Å². The van der Waals surface area contributed by atoms with Gasteiger partial charge in [0.2, 0.25) is 0 Å². The van der Waals surface area contributed by atoms with Crippen molar-refractivity contribution in [2.75, 3.05) is 5.32 Å². The van der Waals surface area contributed by atoms with E-state index in [1.54, 1.807) is 30.5 Å². The van der Waals surface area contributed by atoms with Crippen LogP contribution in [-0.2, 0) is 0 Å². The van der Waals surface area contributed by atoms with Crippen molar-refractivity contribution < 1.29 is 4.79 Å². The van der Waals surface area contributed by atoms with E-state index in [-0.39, 0.29) is 5.91 Å². The summed E-state index contributed by atoms with van der Waals surface area (Å²) >= 11 is 8.95. The maximum atomic E-state index is 11.7. The monoisotopic (exact) mass is 299 g/mol. The van der Waals surface area contributed by atoms with E-state index >= 15 is 0 Å². The highest BCUT2D eigenvalue weighted by atomic mass is 79.9. The lowest BCUT2D eigenvalue weighted by atomic mass is 10.4. The minimum Gasteiger partial charge on any atom is -0.356 e. The maximum Gasteiger partial charge on any atom is 0.273 e. The van der Waals surface area contributed by atoms with Crippen molar-refractivity contribution in [3.8, 4) is 0 Å². The Morgan fingerprint density at radius 2 is 2.31 bits per heavy atom. The predicted molar refractivity (Wildman–Crippen MR) is 65.7 cm³/mol. The van der Waals surface area contributed by atoms with Crippen molar-refractivity contribution in [2.24, 2.45) is 0 Å². The summed E-state index contributed by atoms with van der Waals surface area (Å²) in [7, 11) is 0. The molecule has 0 saturated carbocycles. The number of H-pyrrole nitrogens is 1. The summed E-state index contributed by atoms with van der Waals surface area (Å²) in [5.41, 5.74) is 0.452. The Morgan fingerprint density at radius 1 is 1.50 bits per heavy atom. The van der Waals surface area contributed by atoms with Gasteiger partial charge in [0.25, 0.3) is 5.91 Å². The SMILES string of the molecule is O=C(Nc1cccc(Cl)n1)c1cc(Br)c[nH]1. The minimum absolute atomic E-state index is 0.263. The first kappa shape index (κ1) is 11.2. The molecular formula is C10H7BrClN3O. The van der Waals surface area contributed by atoms with Crippen LogP contribution < -0.4 is 5.32 Å². The Kier molecular flexibility index (Phi) is 3.26. The van der Waals surface area contributed by atoms with Gasteiger partial charge in [-0.15, -0.1) is 0 Å². The summed E-state index contributed by atoms with van der Waals surface area (Å²) in [4.78, 5) is 18.5. The third-order valence-electron chi connectivity index (χ3n) is 1.85. The normalized spacial score (nSPS) is 10.1. The quantitative estimate of drug-likeness (QED) is 0.837. The molecule has 0 radical (unpaired) electrons. The number of hydrogen-bond donors (Lipinski definition) is 2. The van der Waals surface area contributed by atoms with Gasteiger partial charge in [-0.1, -0.05) is 17.7 Å². The summed E-state index contributed by atoms with van der Waals surface area (Å²) in [6, 6.07) is 6.71. The maximum absolute atomic E-state index is 11.7. The molecule has 0 aliphatic rings. The lowest BCUT2D eigenvalue weighted by Crippen LogP contribution is -2.13. The van der Waals surface area contributed by atoms with Crippen LogP contribution in [0, 0.1) is 0 Å². The highest BCUT2D eigenvalue weighted by Gasteiger charge is 2.08. The van der Waals surface area contributed by atoms with E-state index in [0.717, 1.165) is 4.47 Å². The van der Waals surface area contributed by atoms with Crippen LogP contribution in [0.1, 0.15) is 10.5 Å². The van der Waals surface area contributed by atoms with Gasteiger partial charge in [-0.05, 0) is 34.1 Å². The molecule has 0 spiro atoms. The van der Waals surface area contributed by atoms with Crippen LogP contribution in [0.5, 0.6) is 0 Å². The second kappa shape index (κ2) is 4.67. The first-order valence-corrected chi connectivity index (χ1v) is 5.60. The van der Waals surface area contributed by atoms with Crippen LogP contribution in [0.15, 0.2) is 34.9 Å². The van der Waals surface area contributed by atoms with E-state index in [4.69, 9.17) is 11.6 Å². The van der Waals surface area contributed by atoms with E-state index in [2.05, 4.69) is 31.2 Å². The molecule has 0 fully saturated rings. The van der Waals surface area contributed by atoms with Crippen LogP contribution >= 0.6 is 27.5 Å². The van der Waals surface area contributed by atoms with Crippen LogP contribution in [0.3, 0.4) is 0 Å². The molecule has 0 bridgehead atoms. The number of pyridine rings is 1. The van der Waals surface area contributed by atoms with Gasteiger partial charge in [0.1, 0.15) is 16.7 Å². The molecule has 0 aromatic carbocycles. The molecule has 16 heavy (non-hydrogen) atoms. The number of carbonyl (C=O) groups excluding carboxylic acids is 1. The van der Waals surface area contributed by atoms with E-state index in [1.165, 1.54) is 0 Å². The van der Waals surface area contributed by atoms with Crippen molar-refractivity contribution >= 4 is 39.3 Å². The van der Waals surface area contributed by atoms with Crippen molar-refractivity contribution in [1.29, 1.82) is 0 Å². The van der Waals surface area contributed by atoms with Crippen molar-refractivity contribution in [1.82, 2.24) is 9.97 Å². The fourth-order valence-corrected chi connectivity index (χ4v) is 1.67. The lowest BCUT2D eigenvalue weighted by molar-refractivity contribution is 0.102. The van der Waals surface area contributed by atoms with E-state index in [1.807, 2.05) is 0 Å². The third kappa shape index (κ3) is 2.62. The second-order valence-corrected chi connectivity index (χ2v) is 4.33. The lowest BCUT2D eigenvalue weighted by Gasteiger charge is -2.02. The summed E-state index contributed by atoms with van der Waals surface area (Å²) in [6.07, 6.45) is 1.68. The Labute approximate surface area is 105 Å². The molecule has 2 heterocycles. The van der Waals surface area contributed by atoms with Crippen LogP contribution in [0.25, 0.3) is 0 Å². The number of nitrogens with one attached hydrogen (secondary N) is 2. The van der Waals surface area contributed by atoms with Gasteiger partial charge >= 0.3 is 0 Å². The molecule has 2 rings (SSSR count). The Morgan fingerprint density at radius 3 is 2.94 bits per heavy atom. The summed E-state index contributed by atoms with van der Waals surface area (Å²) in [5.74, 6) is 0.156. The number of aromatic nitrogens is 2. The van der Waals surface area contributed by atoms with Gasteiger partial charge < -0.3 is 10.3 Å². The zero-order valence-electron chi connectivity index (χ0n) is 8.00. The first-order chi connectivity index (χ1) is 7.65. The van der Waals surface area contributed by atoms with Crippen LogP contribution in [-0.4, -0.2) is 15.9 Å². The number of hydrogen-bond acceptors (Lipinski definition) is 2. The number of aromatic amines is 1. The molecule has 0 unspecified atom stereocenters. The Balaban J connectivity index is 2.13. The number of amides is 1. The Hall–Kier alpha value is -1.33. The fourth-order valence-electron chi connectivity index (χ4n) is 1.16. The highest BCUT2D eigenvalue weighted by molar-refractivity contribution is 9.10. The van der Waals surface area contributed by atoms with Gasteiger partial charge in [0.05, 0.1) is 0 Å². The van der Waals surface area contributed by atoms with Gasteiger partial charge in [0.15, 0.2) is 0 Å². The van der Waals surface area contributed by atoms with E-state index in [9.17, 15) is 4.79 Å². The molecule has 0 aliphatic carbocycles. The molecule has 4 nitrogen and oxygen atoms in total. The van der Waals surface area contributed by atoms with E-state index < -0.39 is 0 Å². The van der Waals surface area contributed by atoms with Gasteiger partial charge in [-0.3, -0.25) is 4.79 Å². The molecule has 2 aromatic heterocycles. The first-order valence-electron chi connectivity index (χ1n) is 4.43. The zero-order valence-corrected chi connectivity index (χ0v) is 10.3. The number of carbonyl (C=O) groups is 1. The molecule has 2 aromatic rings. The molecule has 6 heteroatoms. The summed E-state index contributed by atoms with van der Waals surface area (Å²) in [5, 5.41) is 2.96. The third-order valence-corrected chi connectivity index (χ3v) is 2.52. The molecule has 0 aliphatic heterocycles. The average Bonchev–Trinajstić information content (AvgIpc) is 2.65. The molecule has 0 saturated heterocycles. The number of anilines is 1. The van der Waals surface area contributed by atoms with Crippen molar-refractivity contribution in [2.45, 2.75) is 0 Å². The van der Waals surface area contributed by atoms with Gasteiger partial charge in [-0.25, -0.2) is 4.98 Å². The number of rotatable bonds is 2. The van der Waals surface area contributed by atoms with Crippen LogP contribution in [0.2, 0.25) is 5.15 Å². The van der Waals surface area contributed by atoms with Gasteiger partial charge in [0, 0.05) is 10.7 Å². The molecular weight excluding hydrogens is 293 g/mol. The second-order valence-electron chi connectivity index (χ2n) is 3.03. The average molecular weight is 301 g/mol. The molecule has 1 amide bonds. The Bertz CT molecular complexity index is 526. The highest BCUT2D eigenvalue weighted by Crippen LogP contribution is 2.13. The fraction of sp³-hybridized carbons (Fsp3) is 0. The molecule has 2 N–H and O–H groups in total. The standard InChI is InChI=1S/C10H7BrClN3O/c11-6-4-7(13-5-6)10(16)15-9-3-1-2-8(12)14-9/h1-5,13H,(H,14,15,16). The molecule has 0 atom stereocenters. The smallest absolute Gasteiger partial charge is 0.273 e. The predicted octanol–water partition coefficient (Wildman–Crippen LogP) is 3.08. The molecule has 82 valence electrons. The van der Waals surface area contributed by atoms with Crippen LogP contribution in [0.4, 0.5) is 5.82 Å². The van der Waals surface area contributed by atoms with Gasteiger partial charge in [-0.2, -0.15) is 0 Å². The largest absolute Gasteiger partial charge is 0.356 e. The van der Waals surface area contributed by atoms with E-state index in [0.29, 0.717) is 16.7 Å². The summed E-state index contributed by atoms with van der Waals surface area (Å²) < 4.78 is 0.816. The minimum atomic E-state index is -0.263. The zero-order chi connectivity index (χ0) is 11.5. The van der Waals surface area contributed by atoms with Crippen molar-refractivity contribution in [3.05, 3.63) is 45.8 Å². The number of halogens is 2. The summed E-state index contributed by atoms with van der Waals surface area (Å²) in [6.45, 7) is 0. The number of nitrogens with zero attached hydrogens (tertiary/aromatic N) is 1.